The van der Waals surface area contributed by atoms with Gasteiger partial charge >= 0.3 is 0 Å². The summed E-state index contributed by atoms with van der Waals surface area (Å²) in [6.07, 6.45) is 0. The van der Waals surface area contributed by atoms with E-state index in [0.717, 1.165) is 37.4 Å². The minimum atomic E-state index is 0.902. The number of hydrogen-bond acceptors (Lipinski definition) is 1. The Labute approximate surface area is 128 Å². The van der Waals surface area contributed by atoms with Crippen LogP contribution in [0.5, 0.6) is 0 Å². The smallest absolute Gasteiger partial charge is 0.159 e. The maximum Gasteiger partial charge on any atom is 0.159 e. The third-order valence-corrected chi connectivity index (χ3v) is 4.72. The maximum absolute atomic E-state index is 6.15. The van der Waals surface area contributed by atoms with Crippen LogP contribution in [-0.2, 0) is 0 Å². The van der Waals surface area contributed by atoms with Crippen LogP contribution in [0.15, 0.2) is 63.5 Å². The number of nitrogens with one attached hydrogen (secondary N) is 1. The van der Waals surface area contributed by atoms with Crippen molar-refractivity contribution in [2.24, 2.45) is 0 Å². The van der Waals surface area contributed by atoms with Gasteiger partial charge in [0, 0.05) is 27.1 Å². The van der Waals surface area contributed by atoms with Gasteiger partial charge < -0.3 is 9.40 Å². The molecule has 0 fully saturated rings. The van der Waals surface area contributed by atoms with Crippen molar-refractivity contribution < 1.29 is 4.42 Å². The van der Waals surface area contributed by atoms with E-state index in [0.29, 0.717) is 0 Å². The highest BCUT2D eigenvalue weighted by Gasteiger charge is 2.14. The molecule has 100 valence electrons. The molecule has 5 aromatic rings. The van der Waals surface area contributed by atoms with Gasteiger partial charge in [-0.3, -0.25) is 0 Å². The molecule has 0 bridgehead atoms. The lowest BCUT2D eigenvalue weighted by Gasteiger charge is -1.92. The van der Waals surface area contributed by atoms with Crippen LogP contribution in [0.25, 0.3) is 43.7 Å². The summed E-state index contributed by atoms with van der Waals surface area (Å²) in [5, 5.41) is 4.72. The van der Waals surface area contributed by atoms with Crippen LogP contribution in [0.1, 0.15) is 0 Å². The van der Waals surface area contributed by atoms with Crippen molar-refractivity contribution in [3.05, 3.63) is 59.1 Å². The van der Waals surface area contributed by atoms with Gasteiger partial charge in [-0.05, 0) is 34.1 Å². The number of halogens is 1. The molecule has 2 aromatic heterocycles. The van der Waals surface area contributed by atoms with Crippen molar-refractivity contribution in [2.75, 3.05) is 0 Å². The zero-order valence-electron chi connectivity index (χ0n) is 11.0. The van der Waals surface area contributed by atoms with E-state index < -0.39 is 0 Å². The van der Waals surface area contributed by atoms with Crippen molar-refractivity contribution in [3.8, 4) is 0 Å². The standard InChI is InChI=1S/C18H10BrNO/c19-14-6-3-5-12-13-9-8-11-10-4-1-2-7-15(10)20-16(11)18(13)21-17(12)14/h1-9,20H. The second kappa shape index (κ2) is 3.89. The summed E-state index contributed by atoms with van der Waals surface area (Å²) >= 11 is 3.57. The first-order valence-corrected chi connectivity index (χ1v) is 7.62. The van der Waals surface area contributed by atoms with Gasteiger partial charge in [0.25, 0.3) is 0 Å². The van der Waals surface area contributed by atoms with Gasteiger partial charge in [0.1, 0.15) is 5.58 Å². The summed E-state index contributed by atoms with van der Waals surface area (Å²) in [6.45, 7) is 0. The van der Waals surface area contributed by atoms with Crippen molar-refractivity contribution in [2.45, 2.75) is 0 Å². The average molecular weight is 336 g/mol. The molecule has 0 amide bonds. The fourth-order valence-electron chi connectivity index (χ4n) is 3.14. The normalized spacial score (nSPS) is 12.0. The number of para-hydroxylation sites is 2. The lowest BCUT2D eigenvalue weighted by Crippen LogP contribution is -1.70. The third-order valence-electron chi connectivity index (χ3n) is 4.10. The average Bonchev–Trinajstić information content (AvgIpc) is 3.06. The van der Waals surface area contributed by atoms with Crippen LogP contribution in [-0.4, -0.2) is 4.98 Å². The van der Waals surface area contributed by atoms with Crippen molar-refractivity contribution in [3.63, 3.8) is 0 Å². The van der Waals surface area contributed by atoms with Gasteiger partial charge in [-0.1, -0.05) is 36.4 Å². The molecule has 1 N–H and O–H groups in total. The van der Waals surface area contributed by atoms with Crippen molar-refractivity contribution >= 4 is 59.7 Å². The molecule has 3 aromatic carbocycles. The Morgan fingerprint density at radius 1 is 0.714 bits per heavy atom. The second-order valence-corrected chi connectivity index (χ2v) is 6.11. The third kappa shape index (κ3) is 1.41. The highest BCUT2D eigenvalue weighted by Crippen LogP contribution is 2.38. The van der Waals surface area contributed by atoms with E-state index in [1.54, 1.807) is 0 Å². The Kier molecular flexibility index (Phi) is 2.11. The number of hydrogen-bond donors (Lipinski definition) is 1. The molecule has 0 aliphatic carbocycles. The molecule has 0 aliphatic rings. The van der Waals surface area contributed by atoms with Gasteiger partial charge in [-0.2, -0.15) is 0 Å². The molecular formula is C18H10BrNO. The molecular weight excluding hydrogens is 326 g/mol. The lowest BCUT2D eigenvalue weighted by atomic mass is 10.1. The molecule has 0 unspecified atom stereocenters. The minimum absolute atomic E-state index is 0.902. The molecule has 21 heavy (non-hydrogen) atoms. The summed E-state index contributed by atoms with van der Waals surface area (Å²) in [5.74, 6) is 0. The molecule has 0 saturated carbocycles. The Balaban J connectivity index is 2.09. The topological polar surface area (TPSA) is 28.9 Å². The van der Waals surface area contributed by atoms with Crippen LogP contribution in [0.2, 0.25) is 0 Å². The lowest BCUT2D eigenvalue weighted by molar-refractivity contribution is 0.670. The van der Waals surface area contributed by atoms with Gasteiger partial charge in [0.15, 0.2) is 5.58 Å². The van der Waals surface area contributed by atoms with E-state index >= 15 is 0 Å². The van der Waals surface area contributed by atoms with E-state index in [1.807, 2.05) is 18.2 Å². The molecule has 5 rings (SSSR count). The Bertz CT molecular complexity index is 1150. The molecule has 0 atom stereocenters. The van der Waals surface area contributed by atoms with Crippen LogP contribution in [0.4, 0.5) is 0 Å². The first kappa shape index (κ1) is 11.4. The number of aromatic amines is 1. The zero-order valence-corrected chi connectivity index (χ0v) is 12.6. The van der Waals surface area contributed by atoms with Crippen molar-refractivity contribution in [1.29, 1.82) is 0 Å². The first-order chi connectivity index (χ1) is 10.3. The van der Waals surface area contributed by atoms with Crippen LogP contribution in [0.3, 0.4) is 0 Å². The SMILES string of the molecule is Brc1cccc2c1oc1c2ccc2c3ccccc3[nH]c21. The number of fused-ring (bicyclic) bond motifs is 7. The summed E-state index contributed by atoms with van der Waals surface area (Å²) in [4.78, 5) is 3.49. The Morgan fingerprint density at radius 3 is 2.43 bits per heavy atom. The van der Waals surface area contributed by atoms with Crippen LogP contribution in [0, 0.1) is 0 Å². The van der Waals surface area contributed by atoms with Gasteiger partial charge in [-0.15, -0.1) is 0 Å². The quantitative estimate of drug-likeness (QED) is 0.370. The van der Waals surface area contributed by atoms with Gasteiger partial charge in [0.2, 0.25) is 0 Å². The first-order valence-electron chi connectivity index (χ1n) is 6.83. The number of H-pyrrole nitrogens is 1. The van der Waals surface area contributed by atoms with E-state index in [2.05, 4.69) is 57.3 Å². The van der Waals surface area contributed by atoms with E-state index in [9.17, 15) is 0 Å². The summed E-state index contributed by atoms with van der Waals surface area (Å²) in [7, 11) is 0. The van der Waals surface area contributed by atoms with Crippen LogP contribution < -0.4 is 0 Å². The van der Waals surface area contributed by atoms with Crippen molar-refractivity contribution in [1.82, 2.24) is 4.98 Å². The monoisotopic (exact) mass is 335 g/mol. The molecule has 0 saturated heterocycles. The number of furan rings is 1. The summed E-state index contributed by atoms with van der Waals surface area (Å²) in [6, 6.07) is 18.8. The van der Waals surface area contributed by atoms with E-state index in [-0.39, 0.29) is 0 Å². The molecule has 0 radical (unpaired) electrons. The number of benzene rings is 3. The minimum Gasteiger partial charge on any atom is -0.453 e. The predicted octanol–water partition coefficient (Wildman–Crippen LogP) is 5.98. The predicted molar refractivity (Wildman–Crippen MR) is 90.8 cm³/mol. The fourth-order valence-corrected chi connectivity index (χ4v) is 3.58. The molecule has 0 spiro atoms. The molecule has 0 aliphatic heterocycles. The Morgan fingerprint density at radius 2 is 1.48 bits per heavy atom. The number of rotatable bonds is 0. The molecule has 2 nitrogen and oxygen atoms in total. The summed E-state index contributed by atoms with van der Waals surface area (Å²) < 4.78 is 7.13. The maximum atomic E-state index is 6.15. The van der Waals surface area contributed by atoms with E-state index in [4.69, 9.17) is 4.42 Å². The van der Waals surface area contributed by atoms with E-state index in [1.165, 1.54) is 10.8 Å². The second-order valence-electron chi connectivity index (χ2n) is 5.25. The summed E-state index contributed by atoms with van der Waals surface area (Å²) in [5.41, 5.74) is 4.03. The largest absolute Gasteiger partial charge is 0.453 e. The molecule has 2 heterocycles. The Hall–Kier alpha value is -2.26. The fraction of sp³-hybridized carbons (Fsp3) is 0. The van der Waals surface area contributed by atoms with Gasteiger partial charge in [0.05, 0.1) is 9.99 Å². The highest BCUT2D eigenvalue weighted by molar-refractivity contribution is 9.10. The molecule has 3 heteroatoms. The van der Waals surface area contributed by atoms with Gasteiger partial charge in [-0.25, -0.2) is 0 Å². The zero-order chi connectivity index (χ0) is 14.0. The number of aromatic nitrogens is 1. The van der Waals surface area contributed by atoms with Crippen LogP contribution >= 0.6 is 15.9 Å². The highest BCUT2D eigenvalue weighted by atomic mass is 79.9.